The molecule has 2 heterocycles. The molecule has 0 unspecified atom stereocenters. The molecule has 0 saturated heterocycles. The third-order valence-corrected chi connectivity index (χ3v) is 3.61. The summed E-state index contributed by atoms with van der Waals surface area (Å²) in [5, 5.41) is 7.31. The van der Waals surface area contributed by atoms with Crippen molar-refractivity contribution in [1.82, 2.24) is 9.97 Å². The van der Waals surface area contributed by atoms with Gasteiger partial charge in [-0.25, -0.2) is 9.78 Å². The van der Waals surface area contributed by atoms with Crippen molar-refractivity contribution in [3.8, 4) is 0 Å². The number of nitrogens with one attached hydrogen (secondary N) is 2. The van der Waals surface area contributed by atoms with Crippen LogP contribution in [0.4, 0.5) is 21.9 Å². The van der Waals surface area contributed by atoms with Gasteiger partial charge in [0.05, 0.1) is 11.7 Å². The second-order valence-electron chi connectivity index (χ2n) is 6.71. The van der Waals surface area contributed by atoms with Gasteiger partial charge < -0.3 is 10.1 Å². The number of carbonyl (C=O) groups is 1. The molecule has 0 bridgehead atoms. The first kappa shape index (κ1) is 17.9. The maximum absolute atomic E-state index is 11.8. The third kappa shape index (κ3) is 4.61. The highest BCUT2D eigenvalue weighted by molar-refractivity contribution is 6.30. The molecule has 134 valence electrons. The van der Waals surface area contributed by atoms with Crippen LogP contribution in [0.15, 0.2) is 48.8 Å². The van der Waals surface area contributed by atoms with Crippen molar-refractivity contribution in [3.05, 3.63) is 53.9 Å². The number of nitrogens with zero attached hydrogens (tertiary/aromatic N) is 2. The molecule has 3 aromatic rings. The predicted octanol–water partition coefficient (Wildman–Crippen LogP) is 5.37. The molecule has 0 atom stereocenters. The molecular formula is C19H19ClN4O2. The predicted molar refractivity (Wildman–Crippen MR) is 104 cm³/mol. The Balaban J connectivity index is 1.74. The van der Waals surface area contributed by atoms with Crippen molar-refractivity contribution in [1.29, 1.82) is 0 Å². The van der Waals surface area contributed by atoms with Crippen LogP contribution in [0.3, 0.4) is 0 Å². The third-order valence-electron chi connectivity index (χ3n) is 3.40. The van der Waals surface area contributed by atoms with Crippen molar-refractivity contribution in [2.75, 3.05) is 10.6 Å². The molecule has 2 aromatic heterocycles. The van der Waals surface area contributed by atoms with Crippen molar-refractivity contribution in [3.63, 3.8) is 0 Å². The number of amides is 1. The van der Waals surface area contributed by atoms with Gasteiger partial charge in [0.15, 0.2) is 0 Å². The molecule has 0 fully saturated rings. The first-order chi connectivity index (χ1) is 12.3. The van der Waals surface area contributed by atoms with E-state index < -0.39 is 11.7 Å². The highest BCUT2D eigenvalue weighted by Gasteiger charge is 2.16. The molecule has 1 amide bonds. The van der Waals surface area contributed by atoms with Gasteiger partial charge in [0.1, 0.15) is 10.8 Å². The number of anilines is 3. The lowest BCUT2D eigenvalue weighted by molar-refractivity contribution is 0.0636. The van der Waals surface area contributed by atoms with E-state index in [4.69, 9.17) is 16.3 Å². The average molecular weight is 371 g/mol. The van der Waals surface area contributed by atoms with Gasteiger partial charge in [-0.05, 0) is 57.2 Å². The molecule has 0 aliphatic heterocycles. The van der Waals surface area contributed by atoms with Gasteiger partial charge in [-0.2, -0.15) is 0 Å². The topological polar surface area (TPSA) is 76.1 Å². The smallest absolute Gasteiger partial charge is 0.412 e. The summed E-state index contributed by atoms with van der Waals surface area (Å²) in [6.07, 6.45) is 2.86. The summed E-state index contributed by atoms with van der Waals surface area (Å²) in [5.41, 5.74) is 2.59. The number of carbonyl (C=O) groups excluding carboxylic acids is 1. The second kappa shape index (κ2) is 7.17. The summed E-state index contributed by atoms with van der Waals surface area (Å²) in [6, 6.07) is 11.0. The number of aromatic nitrogens is 2. The number of halogens is 1. The summed E-state index contributed by atoms with van der Waals surface area (Å²) in [7, 11) is 0. The molecule has 26 heavy (non-hydrogen) atoms. The highest BCUT2D eigenvalue weighted by Crippen LogP contribution is 2.27. The Morgan fingerprint density at radius 2 is 1.77 bits per heavy atom. The monoisotopic (exact) mass is 370 g/mol. The SMILES string of the molecule is CC(C)(C)OC(=O)Nc1ccc(Nc2ccnc3cnc(Cl)cc23)cc1. The van der Waals surface area contributed by atoms with Crippen LogP contribution in [0.25, 0.3) is 10.9 Å². The fourth-order valence-electron chi connectivity index (χ4n) is 2.35. The molecule has 0 radical (unpaired) electrons. The summed E-state index contributed by atoms with van der Waals surface area (Å²) >= 11 is 5.99. The molecule has 1 aromatic carbocycles. The van der Waals surface area contributed by atoms with E-state index in [1.165, 1.54) is 0 Å². The van der Waals surface area contributed by atoms with E-state index in [2.05, 4.69) is 20.6 Å². The zero-order valence-electron chi connectivity index (χ0n) is 14.7. The largest absolute Gasteiger partial charge is 0.444 e. The minimum absolute atomic E-state index is 0.408. The highest BCUT2D eigenvalue weighted by atomic mass is 35.5. The Labute approximate surface area is 156 Å². The summed E-state index contributed by atoms with van der Waals surface area (Å²) in [5.74, 6) is 0. The molecule has 2 N–H and O–H groups in total. The van der Waals surface area contributed by atoms with Crippen molar-refractivity contribution in [2.45, 2.75) is 26.4 Å². The van der Waals surface area contributed by atoms with Crippen LogP contribution >= 0.6 is 11.6 Å². The molecule has 7 heteroatoms. The number of rotatable bonds is 3. The molecule has 0 aliphatic carbocycles. The van der Waals surface area contributed by atoms with Crippen LogP contribution in [0.2, 0.25) is 5.15 Å². The van der Waals surface area contributed by atoms with Gasteiger partial charge in [0, 0.05) is 28.6 Å². The van der Waals surface area contributed by atoms with Crippen molar-refractivity contribution in [2.24, 2.45) is 0 Å². The number of ether oxygens (including phenoxy) is 1. The number of pyridine rings is 2. The minimum atomic E-state index is -0.538. The van der Waals surface area contributed by atoms with Crippen LogP contribution in [-0.2, 0) is 4.74 Å². The Kier molecular flexibility index (Phi) is 4.95. The van der Waals surface area contributed by atoms with E-state index in [1.54, 1.807) is 30.6 Å². The standard InChI is InChI=1S/C19H19ClN4O2/c1-19(2,3)26-18(25)24-13-6-4-12(5-7-13)23-15-8-9-21-16-11-22-17(20)10-14(15)16/h4-11H,1-3H3,(H,21,23)(H,24,25). The fourth-order valence-corrected chi connectivity index (χ4v) is 2.50. The van der Waals surface area contributed by atoms with Gasteiger partial charge in [0.2, 0.25) is 0 Å². The van der Waals surface area contributed by atoms with Crippen molar-refractivity contribution < 1.29 is 9.53 Å². The van der Waals surface area contributed by atoms with Crippen LogP contribution in [0.1, 0.15) is 20.8 Å². The van der Waals surface area contributed by atoms with Crippen LogP contribution in [-0.4, -0.2) is 21.7 Å². The molecule has 6 nitrogen and oxygen atoms in total. The van der Waals surface area contributed by atoms with Gasteiger partial charge in [-0.15, -0.1) is 0 Å². The first-order valence-electron chi connectivity index (χ1n) is 8.07. The number of hydrogen-bond acceptors (Lipinski definition) is 5. The lowest BCUT2D eigenvalue weighted by Crippen LogP contribution is -2.27. The lowest BCUT2D eigenvalue weighted by atomic mass is 10.2. The zero-order chi connectivity index (χ0) is 18.7. The Morgan fingerprint density at radius 3 is 2.46 bits per heavy atom. The molecule has 0 aliphatic rings. The van der Waals surface area contributed by atoms with Crippen molar-refractivity contribution >= 4 is 45.7 Å². The van der Waals surface area contributed by atoms with Gasteiger partial charge in [-0.3, -0.25) is 10.3 Å². The Bertz CT molecular complexity index is 936. The normalized spacial score (nSPS) is 11.2. The molecule has 0 saturated carbocycles. The van der Waals surface area contributed by atoms with Gasteiger partial charge in [0.25, 0.3) is 0 Å². The summed E-state index contributed by atoms with van der Waals surface area (Å²) < 4.78 is 5.24. The Hall–Kier alpha value is -2.86. The first-order valence-corrected chi connectivity index (χ1v) is 8.45. The summed E-state index contributed by atoms with van der Waals surface area (Å²) in [4.78, 5) is 20.1. The number of benzene rings is 1. The van der Waals surface area contributed by atoms with Crippen LogP contribution < -0.4 is 10.6 Å². The minimum Gasteiger partial charge on any atom is -0.444 e. The number of fused-ring (bicyclic) bond motifs is 1. The van der Waals surface area contributed by atoms with Gasteiger partial charge in [-0.1, -0.05) is 11.6 Å². The zero-order valence-corrected chi connectivity index (χ0v) is 15.5. The quantitative estimate of drug-likeness (QED) is 0.606. The van der Waals surface area contributed by atoms with Crippen LogP contribution in [0.5, 0.6) is 0 Å². The second-order valence-corrected chi connectivity index (χ2v) is 7.10. The number of hydrogen-bond donors (Lipinski definition) is 2. The lowest BCUT2D eigenvalue weighted by Gasteiger charge is -2.19. The van der Waals surface area contributed by atoms with E-state index in [0.29, 0.717) is 10.8 Å². The van der Waals surface area contributed by atoms with E-state index in [0.717, 1.165) is 22.3 Å². The van der Waals surface area contributed by atoms with E-state index >= 15 is 0 Å². The van der Waals surface area contributed by atoms with Gasteiger partial charge >= 0.3 is 6.09 Å². The maximum atomic E-state index is 11.8. The molecule has 0 spiro atoms. The van der Waals surface area contributed by atoms with E-state index in [1.807, 2.05) is 39.0 Å². The van der Waals surface area contributed by atoms with Crippen LogP contribution in [0, 0.1) is 0 Å². The Morgan fingerprint density at radius 1 is 1.08 bits per heavy atom. The maximum Gasteiger partial charge on any atom is 0.412 e. The summed E-state index contributed by atoms with van der Waals surface area (Å²) in [6.45, 7) is 5.46. The average Bonchev–Trinajstić information content (AvgIpc) is 2.55. The van der Waals surface area contributed by atoms with E-state index in [-0.39, 0.29) is 0 Å². The van der Waals surface area contributed by atoms with E-state index in [9.17, 15) is 4.79 Å². The molecule has 3 rings (SSSR count). The molecular weight excluding hydrogens is 352 g/mol. The fraction of sp³-hybridized carbons (Fsp3) is 0.211.